The van der Waals surface area contributed by atoms with E-state index in [9.17, 15) is 14.4 Å². The molecule has 0 unspecified atom stereocenters. The van der Waals surface area contributed by atoms with Crippen LogP contribution in [-0.4, -0.2) is 37.2 Å². The van der Waals surface area contributed by atoms with Crippen molar-refractivity contribution in [1.29, 1.82) is 0 Å². The van der Waals surface area contributed by atoms with Crippen molar-refractivity contribution in [1.82, 2.24) is 0 Å². The van der Waals surface area contributed by atoms with Crippen LogP contribution in [-0.2, 0) is 28.6 Å². The van der Waals surface area contributed by atoms with Gasteiger partial charge in [-0.1, -0.05) is 237 Å². The molecule has 0 rings (SSSR count). The van der Waals surface area contributed by atoms with Crippen molar-refractivity contribution in [2.75, 3.05) is 13.2 Å². The van der Waals surface area contributed by atoms with Crippen LogP contribution in [0.15, 0.2) is 36.5 Å². The molecule has 0 amide bonds. The Morgan fingerprint density at radius 3 is 0.922 bits per heavy atom. The van der Waals surface area contributed by atoms with Gasteiger partial charge in [-0.05, 0) is 77.0 Å². The molecule has 0 spiro atoms. The summed E-state index contributed by atoms with van der Waals surface area (Å²) in [6, 6.07) is 0. The Labute approximate surface area is 397 Å². The fraction of sp³-hybridized carbons (Fsp3) is 0.845. The van der Waals surface area contributed by atoms with Crippen LogP contribution < -0.4 is 0 Å². The monoisotopic (exact) mass is 899 g/mol. The van der Waals surface area contributed by atoms with Gasteiger partial charge >= 0.3 is 17.9 Å². The van der Waals surface area contributed by atoms with Crippen molar-refractivity contribution in [2.45, 2.75) is 303 Å². The summed E-state index contributed by atoms with van der Waals surface area (Å²) < 4.78 is 16.8. The summed E-state index contributed by atoms with van der Waals surface area (Å²) >= 11 is 0. The maximum absolute atomic E-state index is 12.8. The van der Waals surface area contributed by atoms with E-state index in [0.717, 1.165) is 89.9 Å². The number of rotatable bonds is 51. The number of esters is 3. The van der Waals surface area contributed by atoms with E-state index < -0.39 is 6.10 Å². The molecule has 0 aliphatic carbocycles. The zero-order valence-electron chi connectivity index (χ0n) is 42.8. The van der Waals surface area contributed by atoms with Crippen LogP contribution >= 0.6 is 0 Å². The summed E-state index contributed by atoms with van der Waals surface area (Å²) in [4.78, 5) is 38.1. The van der Waals surface area contributed by atoms with Gasteiger partial charge in [0.05, 0.1) is 0 Å². The van der Waals surface area contributed by atoms with E-state index in [0.29, 0.717) is 19.3 Å². The van der Waals surface area contributed by atoms with E-state index in [1.54, 1.807) is 0 Å². The lowest BCUT2D eigenvalue weighted by Gasteiger charge is -2.18. The van der Waals surface area contributed by atoms with E-state index >= 15 is 0 Å². The average molecular weight is 899 g/mol. The highest BCUT2D eigenvalue weighted by Gasteiger charge is 2.19. The summed E-state index contributed by atoms with van der Waals surface area (Å²) in [5.41, 5.74) is 0. The van der Waals surface area contributed by atoms with Gasteiger partial charge in [-0.2, -0.15) is 0 Å². The Balaban J connectivity index is 4.35. The topological polar surface area (TPSA) is 78.9 Å². The molecule has 6 heteroatoms. The maximum Gasteiger partial charge on any atom is 0.306 e. The van der Waals surface area contributed by atoms with Gasteiger partial charge in [0.15, 0.2) is 6.10 Å². The van der Waals surface area contributed by atoms with Gasteiger partial charge in [0.1, 0.15) is 13.2 Å². The molecule has 0 aromatic carbocycles. The Morgan fingerprint density at radius 2 is 0.562 bits per heavy atom. The second-order valence-corrected chi connectivity index (χ2v) is 18.8. The lowest BCUT2D eigenvalue weighted by molar-refractivity contribution is -0.167. The maximum atomic E-state index is 12.8. The molecule has 0 bridgehead atoms. The minimum absolute atomic E-state index is 0.0771. The first kappa shape index (κ1) is 61.6. The van der Waals surface area contributed by atoms with Crippen molar-refractivity contribution in [3.63, 3.8) is 0 Å². The van der Waals surface area contributed by atoms with E-state index in [1.165, 1.54) is 167 Å². The van der Waals surface area contributed by atoms with Crippen LogP contribution in [0, 0.1) is 0 Å². The van der Waals surface area contributed by atoms with Crippen LogP contribution in [0.1, 0.15) is 297 Å². The van der Waals surface area contributed by atoms with Gasteiger partial charge < -0.3 is 14.2 Å². The SMILES string of the molecule is CCCCC/C=C\C/C=C\CCCCCCCC(=O)O[C@H](COC(=O)CCCCCCC/C=C\CCCCCC)COC(=O)CCCCCCCCCCCCCCCCCCCC. The number of carbonyl (C=O) groups excluding carboxylic acids is 3. The number of hydrogen-bond donors (Lipinski definition) is 0. The molecule has 0 aromatic heterocycles. The highest BCUT2D eigenvalue weighted by Crippen LogP contribution is 2.16. The molecular formula is C58H106O6. The largest absolute Gasteiger partial charge is 0.462 e. The molecule has 374 valence electrons. The highest BCUT2D eigenvalue weighted by atomic mass is 16.6. The van der Waals surface area contributed by atoms with Gasteiger partial charge in [-0.25, -0.2) is 0 Å². The summed E-state index contributed by atoms with van der Waals surface area (Å²) in [6.07, 6.45) is 62.7. The molecule has 6 nitrogen and oxygen atoms in total. The molecule has 0 radical (unpaired) electrons. The lowest BCUT2D eigenvalue weighted by Crippen LogP contribution is -2.30. The van der Waals surface area contributed by atoms with Gasteiger partial charge in [0.2, 0.25) is 0 Å². The number of allylic oxidation sites excluding steroid dienone is 6. The Morgan fingerprint density at radius 1 is 0.312 bits per heavy atom. The average Bonchev–Trinajstić information content (AvgIpc) is 3.29. The molecule has 0 N–H and O–H groups in total. The van der Waals surface area contributed by atoms with E-state index in [1.807, 2.05) is 0 Å². The summed E-state index contributed by atoms with van der Waals surface area (Å²) in [6.45, 7) is 6.61. The zero-order chi connectivity index (χ0) is 46.5. The molecule has 0 saturated carbocycles. The van der Waals surface area contributed by atoms with Crippen LogP contribution in [0.5, 0.6) is 0 Å². The predicted molar refractivity (Wildman–Crippen MR) is 275 cm³/mol. The normalized spacial score (nSPS) is 12.2. The third-order valence-corrected chi connectivity index (χ3v) is 12.4. The number of hydrogen-bond acceptors (Lipinski definition) is 6. The summed E-state index contributed by atoms with van der Waals surface area (Å²) in [5, 5.41) is 0. The lowest BCUT2D eigenvalue weighted by atomic mass is 10.0. The first-order valence-electron chi connectivity index (χ1n) is 28.0. The van der Waals surface area contributed by atoms with Crippen molar-refractivity contribution < 1.29 is 28.6 Å². The minimum atomic E-state index is -0.779. The summed E-state index contributed by atoms with van der Waals surface area (Å²) in [7, 11) is 0. The van der Waals surface area contributed by atoms with Crippen molar-refractivity contribution >= 4 is 17.9 Å². The number of ether oxygens (including phenoxy) is 3. The van der Waals surface area contributed by atoms with Crippen LogP contribution in [0.2, 0.25) is 0 Å². The molecule has 0 saturated heterocycles. The second-order valence-electron chi connectivity index (χ2n) is 18.8. The molecule has 0 aromatic rings. The third kappa shape index (κ3) is 50.6. The smallest absolute Gasteiger partial charge is 0.306 e. The first-order valence-corrected chi connectivity index (χ1v) is 28.0. The number of carbonyl (C=O) groups is 3. The molecule has 0 aliphatic rings. The molecule has 0 aliphatic heterocycles. The van der Waals surface area contributed by atoms with E-state index in [4.69, 9.17) is 14.2 Å². The van der Waals surface area contributed by atoms with Gasteiger partial charge in [0.25, 0.3) is 0 Å². The van der Waals surface area contributed by atoms with E-state index in [-0.39, 0.29) is 31.1 Å². The highest BCUT2D eigenvalue weighted by molar-refractivity contribution is 5.71. The standard InChI is InChI=1S/C58H106O6/c1-4-7-10-13-16-19-22-25-27-28-29-31-33-36-39-42-45-48-51-57(60)63-54-55(53-62-56(59)50-47-44-41-38-35-32-24-21-18-15-12-9-6-3)64-58(61)52-49-46-43-40-37-34-30-26-23-20-17-14-11-8-5-2/h17,20-21,24,26,30,55H,4-16,18-19,22-23,25,27-29,31-54H2,1-3H3/b20-17-,24-21-,30-26-/t55-/m1/s1. The first-order chi connectivity index (χ1) is 31.5. The van der Waals surface area contributed by atoms with Crippen molar-refractivity contribution in [3.8, 4) is 0 Å². The quantitative estimate of drug-likeness (QED) is 0.0262. The number of unbranched alkanes of at least 4 members (excludes halogenated alkanes) is 34. The Bertz CT molecular complexity index is 1080. The Kier molecular flexibility index (Phi) is 51.3. The molecule has 0 fully saturated rings. The fourth-order valence-electron chi connectivity index (χ4n) is 8.12. The second kappa shape index (κ2) is 53.2. The van der Waals surface area contributed by atoms with Gasteiger partial charge in [-0.3, -0.25) is 14.4 Å². The summed E-state index contributed by atoms with van der Waals surface area (Å²) in [5.74, 6) is -0.886. The molecule has 0 heterocycles. The van der Waals surface area contributed by atoms with Crippen LogP contribution in [0.25, 0.3) is 0 Å². The zero-order valence-corrected chi connectivity index (χ0v) is 42.8. The third-order valence-electron chi connectivity index (χ3n) is 12.4. The van der Waals surface area contributed by atoms with Gasteiger partial charge in [-0.15, -0.1) is 0 Å². The van der Waals surface area contributed by atoms with Crippen LogP contribution in [0.4, 0.5) is 0 Å². The Hall–Kier alpha value is -2.37. The molecule has 64 heavy (non-hydrogen) atoms. The van der Waals surface area contributed by atoms with Crippen molar-refractivity contribution in [2.24, 2.45) is 0 Å². The minimum Gasteiger partial charge on any atom is -0.462 e. The molecular weight excluding hydrogens is 793 g/mol. The van der Waals surface area contributed by atoms with Crippen molar-refractivity contribution in [3.05, 3.63) is 36.5 Å². The molecule has 1 atom stereocenters. The van der Waals surface area contributed by atoms with Crippen LogP contribution in [0.3, 0.4) is 0 Å². The predicted octanol–water partition coefficient (Wildman–Crippen LogP) is 18.5. The van der Waals surface area contributed by atoms with E-state index in [2.05, 4.69) is 57.2 Å². The fourth-order valence-corrected chi connectivity index (χ4v) is 8.12. The van der Waals surface area contributed by atoms with Gasteiger partial charge in [0, 0.05) is 19.3 Å².